The molecule has 0 aromatic heterocycles. The fraction of sp³-hybridized carbons (Fsp3) is 0.250. The summed E-state index contributed by atoms with van der Waals surface area (Å²) in [4.78, 5) is 0.848. The largest absolute Gasteiger partial charge is 0.507 e. The number of hydrogen-bond acceptors (Lipinski definition) is 4. The van der Waals surface area contributed by atoms with E-state index in [0.717, 1.165) is 16.9 Å². The number of ether oxygens (including phenoxy) is 2. The molecule has 0 spiro atoms. The number of benzene rings is 2. The third-order valence-electron chi connectivity index (χ3n) is 3.12. The van der Waals surface area contributed by atoms with E-state index in [0.29, 0.717) is 41.2 Å². The Kier molecular flexibility index (Phi) is 4.46. The highest BCUT2D eigenvalue weighted by molar-refractivity contribution is 7.98. The highest BCUT2D eigenvalue weighted by Gasteiger charge is 2.15. The highest BCUT2D eigenvalue weighted by atomic mass is 35.5. The van der Waals surface area contributed by atoms with Gasteiger partial charge < -0.3 is 14.6 Å². The topological polar surface area (TPSA) is 38.7 Å². The van der Waals surface area contributed by atoms with Gasteiger partial charge in [0.05, 0.1) is 18.2 Å². The van der Waals surface area contributed by atoms with Crippen molar-refractivity contribution in [3.05, 3.63) is 47.0 Å². The van der Waals surface area contributed by atoms with Crippen molar-refractivity contribution in [2.45, 2.75) is 17.1 Å². The third-order valence-corrected chi connectivity index (χ3v) is 4.54. The van der Waals surface area contributed by atoms with Crippen LogP contribution in [0.2, 0.25) is 5.02 Å². The van der Waals surface area contributed by atoms with Crippen molar-refractivity contribution < 1.29 is 14.6 Å². The number of rotatable bonds is 3. The van der Waals surface area contributed by atoms with Gasteiger partial charge in [0.2, 0.25) is 0 Å². The molecule has 1 heterocycles. The molecule has 21 heavy (non-hydrogen) atoms. The van der Waals surface area contributed by atoms with Gasteiger partial charge in [-0.3, -0.25) is 0 Å². The second-order valence-corrected chi connectivity index (χ2v) is 6.14. The summed E-state index contributed by atoms with van der Waals surface area (Å²) in [7, 11) is 0. The molecule has 5 heteroatoms. The minimum absolute atomic E-state index is 0.294. The molecule has 110 valence electrons. The van der Waals surface area contributed by atoms with Gasteiger partial charge in [-0.25, -0.2) is 0 Å². The molecule has 3 rings (SSSR count). The number of phenols is 1. The van der Waals surface area contributed by atoms with E-state index in [1.165, 1.54) is 0 Å². The zero-order valence-electron chi connectivity index (χ0n) is 11.3. The van der Waals surface area contributed by atoms with Gasteiger partial charge in [0.1, 0.15) is 5.75 Å². The summed E-state index contributed by atoms with van der Waals surface area (Å²) in [5.41, 5.74) is 1.04. The maximum absolute atomic E-state index is 9.78. The van der Waals surface area contributed by atoms with Crippen molar-refractivity contribution in [1.29, 1.82) is 0 Å². The predicted molar refractivity (Wildman–Crippen MR) is 84.7 cm³/mol. The maximum atomic E-state index is 9.78. The van der Waals surface area contributed by atoms with E-state index in [4.69, 9.17) is 21.1 Å². The number of aromatic hydroxyl groups is 1. The summed E-state index contributed by atoms with van der Waals surface area (Å²) in [5.74, 6) is 2.33. The summed E-state index contributed by atoms with van der Waals surface area (Å²) in [6, 6.07) is 11.1. The van der Waals surface area contributed by atoms with E-state index in [-0.39, 0.29) is 0 Å². The highest BCUT2D eigenvalue weighted by Crippen LogP contribution is 2.40. The number of hydrogen-bond donors (Lipinski definition) is 1. The van der Waals surface area contributed by atoms with E-state index in [2.05, 4.69) is 0 Å². The third kappa shape index (κ3) is 3.39. The average Bonchev–Trinajstić information content (AvgIpc) is 2.72. The minimum atomic E-state index is 0.294. The van der Waals surface area contributed by atoms with Gasteiger partial charge in [0, 0.05) is 17.1 Å². The number of halogens is 1. The molecule has 0 amide bonds. The molecule has 2 aromatic carbocycles. The molecular weight excluding hydrogens is 308 g/mol. The van der Waals surface area contributed by atoms with Crippen molar-refractivity contribution in [3.63, 3.8) is 0 Å². The molecule has 0 atom stereocenters. The Morgan fingerprint density at radius 2 is 1.95 bits per heavy atom. The van der Waals surface area contributed by atoms with Gasteiger partial charge in [-0.1, -0.05) is 23.7 Å². The number of fused-ring (bicyclic) bond motifs is 1. The molecule has 0 aliphatic carbocycles. The maximum Gasteiger partial charge on any atom is 0.179 e. The molecule has 1 aliphatic heterocycles. The Morgan fingerprint density at radius 3 is 2.81 bits per heavy atom. The lowest BCUT2D eigenvalue weighted by Crippen LogP contribution is -1.97. The Morgan fingerprint density at radius 1 is 1.14 bits per heavy atom. The van der Waals surface area contributed by atoms with Gasteiger partial charge >= 0.3 is 0 Å². The molecule has 0 fully saturated rings. The van der Waals surface area contributed by atoms with Crippen molar-refractivity contribution in [1.82, 2.24) is 0 Å². The number of para-hydroxylation sites is 1. The molecule has 0 saturated heterocycles. The summed E-state index contributed by atoms with van der Waals surface area (Å²) < 4.78 is 11.3. The second kappa shape index (κ2) is 6.50. The first-order chi connectivity index (χ1) is 10.2. The Balaban J connectivity index is 1.79. The normalized spacial score (nSPS) is 13.8. The van der Waals surface area contributed by atoms with E-state index in [9.17, 15) is 5.11 Å². The summed E-state index contributed by atoms with van der Waals surface area (Å²) in [6.07, 6.45) is 0.854. The number of phenolic OH excluding ortho intramolecular Hbond substituents is 1. The van der Waals surface area contributed by atoms with E-state index < -0.39 is 0 Å². The lowest BCUT2D eigenvalue weighted by Gasteiger charge is -2.11. The van der Waals surface area contributed by atoms with E-state index in [1.54, 1.807) is 17.8 Å². The van der Waals surface area contributed by atoms with Crippen LogP contribution >= 0.6 is 23.4 Å². The first kappa shape index (κ1) is 14.4. The summed E-state index contributed by atoms with van der Waals surface area (Å²) >= 11 is 7.83. The molecule has 0 radical (unpaired) electrons. The first-order valence-corrected chi connectivity index (χ1v) is 8.09. The van der Waals surface area contributed by atoms with Crippen LogP contribution in [0.25, 0.3) is 0 Å². The standard InChI is InChI=1S/C16H15ClO3S/c17-12-8-11(9-14-16(12)20-7-3-6-19-14)10-21-15-5-2-1-4-13(15)18/h1-2,4-5,8-9,18H,3,6-7,10H2. The van der Waals surface area contributed by atoms with E-state index >= 15 is 0 Å². The first-order valence-electron chi connectivity index (χ1n) is 6.73. The fourth-order valence-electron chi connectivity index (χ4n) is 2.11. The number of thioether (sulfide) groups is 1. The smallest absolute Gasteiger partial charge is 0.179 e. The van der Waals surface area contributed by atoms with Crippen LogP contribution in [-0.4, -0.2) is 18.3 Å². The zero-order chi connectivity index (χ0) is 14.7. The van der Waals surface area contributed by atoms with Gasteiger partial charge in [-0.2, -0.15) is 0 Å². The Bertz CT molecular complexity index is 645. The van der Waals surface area contributed by atoms with Crippen molar-refractivity contribution in [2.24, 2.45) is 0 Å². The summed E-state index contributed by atoms with van der Waals surface area (Å²) in [6.45, 7) is 1.26. The van der Waals surface area contributed by atoms with Crippen LogP contribution in [0.15, 0.2) is 41.3 Å². The van der Waals surface area contributed by atoms with Crippen molar-refractivity contribution >= 4 is 23.4 Å². The van der Waals surface area contributed by atoms with Gasteiger partial charge in [0.25, 0.3) is 0 Å². The van der Waals surface area contributed by atoms with Crippen LogP contribution in [0, 0.1) is 0 Å². The summed E-state index contributed by atoms with van der Waals surface area (Å²) in [5, 5.41) is 10.4. The quantitative estimate of drug-likeness (QED) is 0.844. The molecule has 0 saturated carbocycles. The predicted octanol–water partition coefficient (Wildman–Crippen LogP) is 4.50. The Labute approximate surface area is 132 Å². The van der Waals surface area contributed by atoms with Crippen LogP contribution in [0.5, 0.6) is 17.2 Å². The molecule has 1 aliphatic rings. The molecular formula is C16H15ClO3S. The second-order valence-electron chi connectivity index (χ2n) is 4.71. The lowest BCUT2D eigenvalue weighted by molar-refractivity contribution is 0.297. The Hall–Kier alpha value is -1.52. The zero-order valence-corrected chi connectivity index (χ0v) is 12.9. The van der Waals surface area contributed by atoms with Crippen molar-refractivity contribution in [2.75, 3.05) is 13.2 Å². The van der Waals surface area contributed by atoms with Crippen molar-refractivity contribution in [3.8, 4) is 17.2 Å². The molecule has 1 N–H and O–H groups in total. The van der Waals surface area contributed by atoms with Crippen LogP contribution in [-0.2, 0) is 5.75 Å². The minimum Gasteiger partial charge on any atom is -0.507 e. The van der Waals surface area contributed by atoms with Gasteiger partial charge in [0.15, 0.2) is 11.5 Å². The average molecular weight is 323 g/mol. The van der Waals surface area contributed by atoms with Crippen LogP contribution in [0.3, 0.4) is 0 Å². The monoisotopic (exact) mass is 322 g/mol. The lowest BCUT2D eigenvalue weighted by atomic mass is 10.2. The van der Waals surface area contributed by atoms with Gasteiger partial charge in [-0.15, -0.1) is 11.8 Å². The SMILES string of the molecule is Oc1ccccc1SCc1cc(Cl)c2c(c1)OCCCO2. The molecule has 3 nitrogen and oxygen atoms in total. The van der Waals surface area contributed by atoms with Crippen LogP contribution in [0.4, 0.5) is 0 Å². The molecule has 0 bridgehead atoms. The van der Waals surface area contributed by atoms with Gasteiger partial charge in [-0.05, 0) is 29.8 Å². The molecule has 0 unspecified atom stereocenters. The van der Waals surface area contributed by atoms with Crippen LogP contribution in [0.1, 0.15) is 12.0 Å². The van der Waals surface area contributed by atoms with Crippen LogP contribution < -0.4 is 9.47 Å². The fourth-order valence-corrected chi connectivity index (χ4v) is 3.28. The van der Waals surface area contributed by atoms with E-state index in [1.807, 2.05) is 30.3 Å². The molecule has 2 aromatic rings.